The highest BCUT2D eigenvalue weighted by molar-refractivity contribution is 7.89. The highest BCUT2D eigenvalue weighted by Gasteiger charge is 2.29. The molecule has 2 heterocycles. The van der Waals surface area contributed by atoms with E-state index in [2.05, 4.69) is 10.2 Å². The maximum absolute atomic E-state index is 13.1. The summed E-state index contributed by atoms with van der Waals surface area (Å²) < 4.78 is 32.9. The molecule has 1 unspecified atom stereocenters. The molecule has 1 atom stereocenters. The van der Waals surface area contributed by atoms with Crippen molar-refractivity contribution in [3.8, 4) is 0 Å². The number of ether oxygens (including phenoxy) is 1. The number of nitrogens with one attached hydrogen (secondary N) is 1. The Bertz CT molecular complexity index is 800. The number of anilines is 1. The van der Waals surface area contributed by atoms with E-state index in [1.807, 2.05) is 6.92 Å². The molecule has 1 amide bonds. The monoisotopic (exact) mass is 423 g/mol. The fourth-order valence-corrected chi connectivity index (χ4v) is 5.56. The van der Waals surface area contributed by atoms with Gasteiger partial charge in [-0.05, 0) is 57.2 Å². The van der Waals surface area contributed by atoms with Crippen LogP contribution in [0.4, 0.5) is 5.69 Å². The summed E-state index contributed by atoms with van der Waals surface area (Å²) in [6, 6.07) is 4.96. The summed E-state index contributed by atoms with van der Waals surface area (Å²) in [6.07, 6.45) is 5.70. The zero-order valence-corrected chi connectivity index (χ0v) is 18.3. The zero-order valence-electron chi connectivity index (χ0n) is 17.5. The number of rotatable bonds is 8. The van der Waals surface area contributed by atoms with Crippen molar-refractivity contribution < 1.29 is 17.9 Å². The third kappa shape index (κ3) is 5.29. The standard InChI is InChI=1S/C21H33N3O4S/c1-17(10-15-28-2)22-21(25)19-16-18(8-9-20(19)23-11-6-7-12-23)29(26,27)24-13-4-3-5-14-24/h8-9,16-17H,3-7,10-15H2,1-2H3,(H,22,25). The van der Waals surface area contributed by atoms with Crippen LogP contribution < -0.4 is 10.2 Å². The molecule has 0 aliphatic carbocycles. The fraction of sp³-hybridized carbons (Fsp3) is 0.667. The van der Waals surface area contributed by atoms with Gasteiger partial charge in [-0.3, -0.25) is 4.79 Å². The first-order valence-corrected chi connectivity index (χ1v) is 12.1. The molecular formula is C21H33N3O4S. The summed E-state index contributed by atoms with van der Waals surface area (Å²) in [6.45, 7) is 5.36. The lowest BCUT2D eigenvalue weighted by Crippen LogP contribution is -2.37. The van der Waals surface area contributed by atoms with Crippen molar-refractivity contribution in [2.24, 2.45) is 0 Å². The van der Waals surface area contributed by atoms with E-state index in [1.165, 1.54) is 0 Å². The number of carbonyl (C=O) groups is 1. The maximum atomic E-state index is 13.1. The number of carbonyl (C=O) groups excluding carboxylic acids is 1. The molecule has 1 aromatic carbocycles. The third-order valence-electron chi connectivity index (χ3n) is 5.74. The maximum Gasteiger partial charge on any atom is 0.253 e. The van der Waals surface area contributed by atoms with Gasteiger partial charge in [0.05, 0.1) is 10.5 Å². The Morgan fingerprint density at radius 2 is 1.76 bits per heavy atom. The molecule has 162 valence electrons. The molecule has 0 spiro atoms. The van der Waals surface area contributed by atoms with Crippen LogP contribution in [0.3, 0.4) is 0 Å². The summed E-state index contributed by atoms with van der Waals surface area (Å²) in [5, 5.41) is 3.00. The van der Waals surface area contributed by atoms with Crippen LogP contribution in [0, 0.1) is 0 Å². The molecular weight excluding hydrogens is 390 g/mol. The van der Waals surface area contributed by atoms with E-state index >= 15 is 0 Å². The van der Waals surface area contributed by atoms with Crippen molar-refractivity contribution in [2.75, 3.05) is 44.8 Å². The Kier molecular flexibility index (Phi) is 7.54. The minimum atomic E-state index is -3.59. The van der Waals surface area contributed by atoms with Gasteiger partial charge in [-0.2, -0.15) is 4.31 Å². The van der Waals surface area contributed by atoms with E-state index in [1.54, 1.807) is 29.6 Å². The van der Waals surface area contributed by atoms with Gasteiger partial charge in [0.15, 0.2) is 0 Å². The summed E-state index contributed by atoms with van der Waals surface area (Å²) >= 11 is 0. The van der Waals surface area contributed by atoms with Crippen LogP contribution in [0.1, 0.15) is 55.8 Å². The minimum Gasteiger partial charge on any atom is -0.385 e. The van der Waals surface area contributed by atoms with Crippen LogP contribution in [-0.2, 0) is 14.8 Å². The van der Waals surface area contributed by atoms with Gasteiger partial charge in [0, 0.05) is 51.6 Å². The smallest absolute Gasteiger partial charge is 0.253 e. The lowest BCUT2D eigenvalue weighted by molar-refractivity contribution is 0.0930. The Morgan fingerprint density at radius 1 is 1.10 bits per heavy atom. The number of amides is 1. The van der Waals surface area contributed by atoms with Gasteiger partial charge < -0.3 is 15.0 Å². The molecule has 3 rings (SSSR count). The number of sulfonamides is 1. The van der Waals surface area contributed by atoms with Gasteiger partial charge in [-0.25, -0.2) is 8.42 Å². The molecule has 2 aliphatic heterocycles. The number of methoxy groups -OCH3 is 1. The number of benzene rings is 1. The number of piperidine rings is 1. The third-order valence-corrected chi connectivity index (χ3v) is 7.64. The van der Waals surface area contributed by atoms with Crippen LogP contribution in [0.25, 0.3) is 0 Å². The van der Waals surface area contributed by atoms with Gasteiger partial charge in [0.2, 0.25) is 10.0 Å². The molecule has 0 aromatic heterocycles. The van der Waals surface area contributed by atoms with E-state index in [-0.39, 0.29) is 16.8 Å². The number of nitrogens with zero attached hydrogens (tertiary/aromatic N) is 2. The van der Waals surface area contributed by atoms with Crippen LogP contribution in [-0.4, -0.2) is 64.6 Å². The number of hydrogen-bond acceptors (Lipinski definition) is 5. The van der Waals surface area contributed by atoms with Crippen LogP contribution >= 0.6 is 0 Å². The van der Waals surface area contributed by atoms with Gasteiger partial charge in [0.1, 0.15) is 0 Å². The second-order valence-electron chi connectivity index (χ2n) is 7.99. The predicted octanol–water partition coefficient (Wildman–Crippen LogP) is 2.62. The van der Waals surface area contributed by atoms with Crippen molar-refractivity contribution in [1.29, 1.82) is 0 Å². The Balaban J connectivity index is 1.90. The first-order valence-electron chi connectivity index (χ1n) is 10.6. The van der Waals surface area contributed by atoms with E-state index in [0.717, 1.165) is 50.9 Å². The van der Waals surface area contributed by atoms with Crippen LogP contribution in [0.2, 0.25) is 0 Å². The van der Waals surface area contributed by atoms with E-state index < -0.39 is 10.0 Å². The summed E-state index contributed by atoms with van der Waals surface area (Å²) in [7, 11) is -1.95. The number of hydrogen-bond donors (Lipinski definition) is 1. The fourth-order valence-electron chi connectivity index (χ4n) is 4.01. The van der Waals surface area contributed by atoms with Crippen LogP contribution in [0.15, 0.2) is 23.1 Å². The molecule has 1 N–H and O–H groups in total. The summed E-state index contributed by atoms with van der Waals surface area (Å²) in [5.74, 6) is -0.230. The Morgan fingerprint density at radius 3 is 2.41 bits per heavy atom. The van der Waals surface area contributed by atoms with Gasteiger partial charge in [-0.15, -0.1) is 0 Å². The van der Waals surface area contributed by atoms with Crippen LogP contribution in [0.5, 0.6) is 0 Å². The highest BCUT2D eigenvalue weighted by Crippen LogP contribution is 2.29. The highest BCUT2D eigenvalue weighted by atomic mass is 32.2. The van der Waals surface area contributed by atoms with Gasteiger partial charge in [-0.1, -0.05) is 6.42 Å². The average Bonchev–Trinajstić information content (AvgIpc) is 3.27. The molecule has 8 heteroatoms. The van der Waals surface area contributed by atoms with E-state index in [4.69, 9.17) is 4.74 Å². The molecule has 0 radical (unpaired) electrons. The SMILES string of the molecule is COCCC(C)NC(=O)c1cc(S(=O)(=O)N2CCCCC2)ccc1N1CCCC1. The largest absolute Gasteiger partial charge is 0.385 e. The second kappa shape index (κ2) is 9.91. The van der Waals surface area contributed by atoms with Crippen molar-refractivity contribution in [3.05, 3.63) is 23.8 Å². The molecule has 2 saturated heterocycles. The van der Waals surface area contributed by atoms with Gasteiger partial charge in [0.25, 0.3) is 5.91 Å². The first kappa shape index (κ1) is 22.1. The Labute approximate surface area is 174 Å². The van der Waals surface area contributed by atoms with Crippen molar-refractivity contribution >= 4 is 21.6 Å². The van der Waals surface area contributed by atoms with Gasteiger partial charge >= 0.3 is 0 Å². The molecule has 1 aromatic rings. The molecule has 2 aliphatic rings. The summed E-state index contributed by atoms with van der Waals surface area (Å²) in [5.41, 5.74) is 1.26. The first-order chi connectivity index (χ1) is 13.9. The zero-order chi connectivity index (χ0) is 20.9. The van der Waals surface area contributed by atoms with Crippen molar-refractivity contribution in [2.45, 2.75) is 56.4 Å². The quantitative estimate of drug-likeness (QED) is 0.695. The van der Waals surface area contributed by atoms with Crippen molar-refractivity contribution in [3.63, 3.8) is 0 Å². The van der Waals surface area contributed by atoms with Crippen molar-refractivity contribution in [1.82, 2.24) is 9.62 Å². The molecule has 7 nitrogen and oxygen atoms in total. The minimum absolute atomic E-state index is 0.0590. The van der Waals surface area contributed by atoms with E-state index in [0.29, 0.717) is 31.7 Å². The molecule has 0 bridgehead atoms. The Hall–Kier alpha value is -1.64. The topological polar surface area (TPSA) is 78.9 Å². The molecule has 29 heavy (non-hydrogen) atoms. The second-order valence-corrected chi connectivity index (χ2v) is 9.93. The molecule has 2 fully saturated rings. The summed E-state index contributed by atoms with van der Waals surface area (Å²) in [4.78, 5) is 15.4. The molecule has 0 saturated carbocycles. The van der Waals surface area contributed by atoms with E-state index in [9.17, 15) is 13.2 Å². The lowest BCUT2D eigenvalue weighted by Gasteiger charge is -2.27. The average molecular weight is 424 g/mol. The predicted molar refractivity (Wildman–Crippen MR) is 114 cm³/mol. The normalized spacial score (nSPS) is 19.3. The lowest BCUT2D eigenvalue weighted by atomic mass is 10.1.